The van der Waals surface area contributed by atoms with Crippen molar-refractivity contribution < 1.29 is 0 Å². The van der Waals surface area contributed by atoms with E-state index in [0.717, 1.165) is 11.1 Å². The summed E-state index contributed by atoms with van der Waals surface area (Å²) in [6.07, 6.45) is 3.77. The molecule has 0 amide bonds. The first kappa shape index (κ1) is 10.0. The lowest BCUT2D eigenvalue weighted by molar-refractivity contribution is 0.958. The van der Waals surface area contributed by atoms with Crippen LogP contribution >= 0.6 is 0 Å². The van der Waals surface area contributed by atoms with Crippen molar-refractivity contribution in [3.8, 4) is 11.5 Å². The molecule has 0 saturated heterocycles. The van der Waals surface area contributed by atoms with Gasteiger partial charge in [0, 0.05) is 18.0 Å². The Morgan fingerprint density at radius 1 is 1.20 bits per heavy atom. The molecule has 3 heteroatoms. The Hall–Kier alpha value is -1.53. The Kier molecular flexibility index (Phi) is 2.37. The molecular formula is C12H14N2Si. The number of fused-ring (bicyclic) bond motifs is 1. The maximum Gasteiger partial charge on any atom is 0.129 e. The summed E-state index contributed by atoms with van der Waals surface area (Å²) in [4.78, 5) is 0. The van der Waals surface area contributed by atoms with Crippen LogP contribution in [0.1, 0.15) is 5.56 Å². The first-order valence-electron chi connectivity index (χ1n) is 5.01. The molecule has 2 aromatic rings. The third-order valence-corrected chi connectivity index (χ3v) is 2.85. The Bertz CT molecular complexity index is 538. The number of hydrogen-bond donors (Lipinski definition) is 0. The second kappa shape index (κ2) is 3.56. The predicted molar refractivity (Wildman–Crippen MR) is 65.4 cm³/mol. The summed E-state index contributed by atoms with van der Waals surface area (Å²) in [5.41, 5.74) is 5.48. The van der Waals surface area contributed by atoms with E-state index in [1.54, 1.807) is 6.20 Å². The molecule has 76 valence electrons. The van der Waals surface area contributed by atoms with Crippen molar-refractivity contribution in [3.05, 3.63) is 36.2 Å². The summed E-state index contributed by atoms with van der Waals surface area (Å²) in [5, 5.41) is 4.18. The fraction of sp³-hybridized carbons (Fsp3) is 0.250. The van der Waals surface area contributed by atoms with E-state index in [4.69, 9.17) is 0 Å². The first-order valence-corrected chi connectivity index (χ1v) is 8.51. The van der Waals surface area contributed by atoms with Gasteiger partial charge in [0.25, 0.3) is 0 Å². The first-order chi connectivity index (χ1) is 7.04. The van der Waals surface area contributed by atoms with E-state index in [9.17, 15) is 0 Å². The Morgan fingerprint density at radius 2 is 2.00 bits per heavy atom. The van der Waals surface area contributed by atoms with Crippen molar-refractivity contribution in [1.29, 1.82) is 0 Å². The molecule has 0 saturated carbocycles. The quantitative estimate of drug-likeness (QED) is 0.486. The highest BCUT2D eigenvalue weighted by Gasteiger charge is 2.07. The van der Waals surface area contributed by atoms with Crippen molar-refractivity contribution in [2.75, 3.05) is 0 Å². The van der Waals surface area contributed by atoms with Gasteiger partial charge in [-0.2, -0.15) is 5.10 Å². The smallest absolute Gasteiger partial charge is 0.129 e. The van der Waals surface area contributed by atoms with Gasteiger partial charge in [0.05, 0.1) is 5.52 Å². The fourth-order valence-electron chi connectivity index (χ4n) is 1.25. The van der Waals surface area contributed by atoms with E-state index in [-0.39, 0.29) is 0 Å². The van der Waals surface area contributed by atoms with Gasteiger partial charge in [0.2, 0.25) is 0 Å². The van der Waals surface area contributed by atoms with E-state index in [0.29, 0.717) is 0 Å². The van der Waals surface area contributed by atoms with Gasteiger partial charge in [0.1, 0.15) is 8.07 Å². The standard InChI is InChI=1S/C12H14N2Si/c1-15(2,3)9-7-11-4-5-12-6-8-13-14(12)10-11/h4-6,8,10H,1-3H3. The van der Waals surface area contributed by atoms with Gasteiger partial charge in [0.15, 0.2) is 0 Å². The zero-order chi connectivity index (χ0) is 10.9. The molecule has 0 atom stereocenters. The van der Waals surface area contributed by atoms with E-state index >= 15 is 0 Å². The molecule has 0 aliphatic carbocycles. The lowest BCUT2D eigenvalue weighted by atomic mass is 10.3. The van der Waals surface area contributed by atoms with E-state index in [2.05, 4.69) is 36.2 Å². The molecule has 0 spiro atoms. The van der Waals surface area contributed by atoms with Crippen molar-refractivity contribution in [2.45, 2.75) is 19.6 Å². The third-order valence-electron chi connectivity index (χ3n) is 1.98. The number of hydrogen-bond acceptors (Lipinski definition) is 1. The van der Waals surface area contributed by atoms with Gasteiger partial charge >= 0.3 is 0 Å². The molecule has 2 nitrogen and oxygen atoms in total. The van der Waals surface area contributed by atoms with E-state index in [1.165, 1.54) is 0 Å². The fourth-order valence-corrected chi connectivity index (χ4v) is 1.77. The van der Waals surface area contributed by atoms with Crippen LogP contribution in [0.4, 0.5) is 0 Å². The second-order valence-corrected chi connectivity index (χ2v) is 9.37. The highest BCUT2D eigenvalue weighted by atomic mass is 28.3. The summed E-state index contributed by atoms with van der Waals surface area (Å²) in [7, 11) is -1.28. The molecule has 0 unspecified atom stereocenters. The third kappa shape index (κ3) is 2.48. The maximum atomic E-state index is 4.18. The van der Waals surface area contributed by atoms with Crippen molar-refractivity contribution >= 4 is 13.6 Å². The Labute approximate surface area is 90.9 Å². The van der Waals surface area contributed by atoms with Crippen molar-refractivity contribution in [1.82, 2.24) is 9.61 Å². The minimum Gasteiger partial charge on any atom is -0.240 e. The monoisotopic (exact) mass is 214 g/mol. The van der Waals surface area contributed by atoms with E-state index < -0.39 is 8.07 Å². The van der Waals surface area contributed by atoms with Crippen LogP contribution in [-0.4, -0.2) is 17.7 Å². The van der Waals surface area contributed by atoms with Crippen LogP contribution in [0, 0.1) is 11.5 Å². The maximum absolute atomic E-state index is 4.18. The summed E-state index contributed by atoms with van der Waals surface area (Å²) in [5.74, 6) is 3.22. The molecule has 15 heavy (non-hydrogen) atoms. The van der Waals surface area contributed by atoms with Gasteiger partial charge < -0.3 is 0 Å². The van der Waals surface area contributed by atoms with Crippen LogP contribution in [0.25, 0.3) is 5.52 Å². The number of rotatable bonds is 0. The predicted octanol–water partition coefficient (Wildman–Crippen LogP) is 2.56. The lowest BCUT2D eigenvalue weighted by Crippen LogP contribution is -2.16. The van der Waals surface area contributed by atoms with Crippen LogP contribution in [0.15, 0.2) is 30.6 Å². The van der Waals surface area contributed by atoms with Gasteiger partial charge in [-0.05, 0) is 18.2 Å². The number of nitrogens with zero attached hydrogens (tertiary/aromatic N) is 2. The molecule has 0 aromatic carbocycles. The Morgan fingerprint density at radius 3 is 2.73 bits per heavy atom. The van der Waals surface area contributed by atoms with Crippen LogP contribution in [0.5, 0.6) is 0 Å². The molecule has 2 rings (SSSR count). The molecule has 0 radical (unpaired) electrons. The SMILES string of the molecule is C[Si](C)(C)C#Cc1ccc2ccnn2c1. The van der Waals surface area contributed by atoms with Gasteiger partial charge in [-0.1, -0.05) is 25.6 Å². The lowest BCUT2D eigenvalue weighted by Gasteiger charge is -2.03. The normalized spacial score (nSPS) is 11.1. The van der Waals surface area contributed by atoms with Crippen LogP contribution in [-0.2, 0) is 0 Å². The molecular weight excluding hydrogens is 200 g/mol. The van der Waals surface area contributed by atoms with Crippen LogP contribution in [0.2, 0.25) is 19.6 Å². The van der Waals surface area contributed by atoms with Gasteiger partial charge in [-0.3, -0.25) is 0 Å². The van der Waals surface area contributed by atoms with Gasteiger partial charge in [-0.15, -0.1) is 5.54 Å². The molecule has 0 fully saturated rings. The minimum absolute atomic E-state index is 1.04. The Balaban J connectivity index is 2.39. The second-order valence-electron chi connectivity index (χ2n) is 4.62. The molecule has 0 aliphatic heterocycles. The molecule has 0 bridgehead atoms. The largest absolute Gasteiger partial charge is 0.240 e. The summed E-state index contributed by atoms with van der Waals surface area (Å²) in [6, 6.07) is 6.07. The van der Waals surface area contributed by atoms with Gasteiger partial charge in [-0.25, -0.2) is 4.52 Å². The summed E-state index contributed by atoms with van der Waals surface area (Å²) < 4.78 is 1.86. The van der Waals surface area contributed by atoms with Crippen molar-refractivity contribution in [3.63, 3.8) is 0 Å². The molecule has 2 aromatic heterocycles. The minimum atomic E-state index is -1.28. The van der Waals surface area contributed by atoms with Crippen molar-refractivity contribution in [2.24, 2.45) is 0 Å². The molecule has 0 aliphatic rings. The summed E-state index contributed by atoms with van der Waals surface area (Å²) in [6.45, 7) is 6.73. The topological polar surface area (TPSA) is 17.3 Å². The highest BCUT2D eigenvalue weighted by molar-refractivity contribution is 6.83. The van der Waals surface area contributed by atoms with Crippen LogP contribution in [0.3, 0.4) is 0 Å². The highest BCUT2D eigenvalue weighted by Crippen LogP contribution is 2.05. The molecule has 0 N–H and O–H groups in total. The number of pyridine rings is 1. The van der Waals surface area contributed by atoms with Crippen LogP contribution < -0.4 is 0 Å². The number of aromatic nitrogens is 2. The zero-order valence-corrected chi connectivity index (χ0v) is 10.3. The average molecular weight is 214 g/mol. The average Bonchev–Trinajstić information content (AvgIpc) is 2.60. The zero-order valence-electron chi connectivity index (χ0n) is 9.28. The van der Waals surface area contributed by atoms with E-state index in [1.807, 2.05) is 28.9 Å². The summed E-state index contributed by atoms with van der Waals surface area (Å²) >= 11 is 0. The molecule has 2 heterocycles.